The van der Waals surface area contributed by atoms with Gasteiger partial charge in [0, 0.05) is 37.9 Å². The van der Waals surface area contributed by atoms with Crippen molar-refractivity contribution < 1.29 is 14.3 Å². The largest absolute Gasteiger partial charge is 0.497 e. The minimum Gasteiger partial charge on any atom is -0.497 e. The number of pyridine rings is 1. The van der Waals surface area contributed by atoms with Crippen LogP contribution in [0.3, 0.4) is 0 Å². The maximum atomic E-state index is 12.4. The van der Waals surface area contributed by atoms with Crippen molar-refractivity contribution in [3.63, 3.8) is 0 Å². The number of rotatable bonds is 6. The Morgan fingerprint density at radius 3 is 3.15 bits per heavy atom. The zero-order chi connectivity index (χ0) is 14.4. The Kier molecular flexibility index (Phi) is 5.35. The summed E-state index contributed by atoms with van der Waals surface area (Å²) in [6.45, 7) is 5.16. The SMILES string of the molecule is CCCOC[C@@H]1CCN(C(=O)c2cc(OC)ccn2)C1. The number of hydrogen-bond donors (Lipinski definition) is 0. The molecule has 1 atom stereocenters. The smallest absolute Gasteiger partial charge is 0.272 e. The molecule has 0 aliphatic carbocycles. The second-order valence-corrected chi connectivity index (χ2v) is 5.06. The van der Waals surface area contributed by atoms with Gasteiger partial charge in [-0.1, -0.05) is 6.92 Å². The highest BCUT2D eigenvalue weighted by Gasteiger charge is 2.27. The van der Waals surface area contributed by atoms with Gasteiger partial charge < -0.3 is 14.4 Å². The fourth-order valence-electron chi connectivity index (χ4n) is 2.36. The molecule has 1 aromatic heterocycles. The average molecular weight is 278 g/mol. The molecule has 1 amide bonds. The summed E-state index contributed by atoms with van der Waals surface area (Å²) >= 11 is 0. The fourth-order valence-corrected chi connectivity index (χ4v) is 2.36. The lowest BCUT2D eigenvalue weighted by molar-refractivity contribution is 0.0749. The highest BCUT2D eigenvalue weighted by atomic mass is 16.5. The van der Waals surface area contributed by atoms with Gasteiger partial charge in [0.25, 0.3) is 5.91 Å². The summed E-state index contributed by atoms with van der Waals surface area (Å²) in [5.74, 6) is 1.07. The summed E-state index contributed by atoms with van der Waals surface area (Å²) in [5.41, 5.74) is 0.444. The summed E-state index contributed by atoms with van der Waals surface area (Å²) < 4.78 is 10.7. The van der Waals surface area contributed by atoms with Gasteiger partial charge in [-0.3, -0.25) is 9.78 Å². The van der Waals surface area contributed by atoms with Crippen molar-refractivity contribution >= 4 is 5.91 Å². The Morgan fingerprint density at radius 2 is 2.40 bits per heavy atom. The van der Waals surface area contributed by atoms with Crippen molar-refractivity contribution in [2.45, 2.75) is 19.8 Å². The normalized spacial score (nSPS) is 18.3. The number of amides is 1. The van der Waals surface area contributed by atoms with Crippen LogP contribution in [0.5, 0.6) is 5.75 Å². The lowest BCUT2D eigenvalue weighted by Gasteiger charge is -2.16. The van der Waals surface area contributed by atoms with Crippen molar-refractivity contribution in [3.05, 3.63) is 24.0 Å². The lowest BCUT2D eigenvalue weighted by Crippen LogP contribution is -2.30. The molecule has 2 heterocycles. The van der Waals surface area contributed by atoms with Gasteiger partial charge in [-0.15, -0.1) is 0 Å². The van der Waals surface area contributed by atoms with Crippen molar-refractivity contribution in [2.24, 2.45) is 5.92 Å². The summed E-state index contributed by atoms with van der Waals surface area (Å²) in [6.07, 6.45) is 3.63. The molecule has 1 fully saturated rings. The topological polar surface area (TPSA) is 51.7 Å². The van der Waals surface area contributed by atoms with Crippen LogP contribution in [-0.2, 0) is 4.74 Å². The molecule has 1 aliphatic rings. The molecule has 1 aliphatic heterocycles. The molecular formula is C15H22N2O3. The van der Waals surface area contributed by atoms with E-state index in [0.29, 0.717) is 17.4 Å². The van der Waals surface area contributed by atoms with E-state index in [1.165, 1.54) is 0 Å². The minimum atomic E-state index is -0.0260. The van der Waals surface area contributed by atoms with Crippen LogP contribution in [0.25, 0.3) is 0 Å². The Balaban J connectivity index is 1.90. The van der Waals surface area contributed by atoms with E-state index < -0.39 is 0 Å². The van der Waals surface area contributed by atoms with Gasteiger partial charge in [-0.2, -0.15) is 0 Å². The summed E-state index contributed by atoms with van der Waals surface area (Å²) in [4.78, 5) is 18.3. The Hall–Kier alpha value is -1.62. The van der Waals surface area contributed by atoms with Gasteiger partial charge in [0.15, 0.2) is 0 Å². The van der Waals surface area contributed by atoms with Crippen LogP contribution in [-0.4, -0.2) is 49.2 Å². The Morgan fingerprint density at radius 1 is 1.55 bits per heavy atom. The monoisotopic (exact) mass is 278 g/mol. The number of hydrogen-bond acceptors (Lipinski definition) is 4. The number of carbonyl (C=O) groups is 1. The van der Waals surface area contributed by atoms with E-state index in [9.17, 15) is 4.79 Å². The minimum absolute atomic E-state index is 0.0260. The van der Waals surface area contributed by atoms with E-state index in [1.807, 2.05) is 4.90 Å². The summed E-state index contributed by atoms with van der Waals surface area (Å²) in [7, 11) is 1.58. The predicted molar refractivity (Wildman–Crippen MR) is 75.9 cm³/mol. The maximum absolute atomic E-state index is 12.4. The standard InChI is InChI=1S/C15H22N2O3/c1-3-8-20-11-12-5-7-17(10-12)15(18)14-9-13(19-2)4-6-16-14/h4,6,9,12H,3,5,7-8,10-11H2,1-2H3/t12-/m1/s1. The van der Waals surface area contributed by atoms with Crippen LogP contribution >= 0.6 is 0 Å². The first-order chi connectivity index (χ1) is 9.74. The average Bonchev–Trinajstić information content (AvgIpc) is 2.95. The molecule has 0 aromatic carbocycles. The molecule has 110 valence electrons. The highest BCUT2D eigenvalue weighted by molar-refractivity contribution is 5.92. The van der Waals surface area contributed by atoms with Crippen LogP contribution in [0.2, 0.25) is 0 Å². The van der Waals surface area contributed by atoms with Crippen LogP contribution < -0.4 is 4.74 Å². The zero-order valence-electron chi connectivity index (χ0n) is 12.2. The van der Waals surface area contributed by atoms with Crippen LogP contribution in [0, 0.1) is 5.92 Å². The molecule has 0 saturated carbocycles. The third kappa shape index (κ3) is 3.70. The molecule has 5 nitrogen and oxygen atoms in total. The molecule has 1 aromatic rings. The van der Waals surface area contributed by atoms with Crippen molar-refractivity contribution in [2.75, 3.05) is 33.4 Å². The van der Waals surface area contributed by atoms with E-state index in [2.05, 4.69) is 11.9 Å². The predicted octanol–water partition coefficient (Wildman–Crippen LogP) is 1.98. The van der Waals surface area contributed by atoms with E-state index in [0.717, 1.165) is 39.1 Å². The van der Waals surface area contributed by atoms with Gasteiger partial charge in [0.2, 0.25) is 0 Å². The molecular weight excluding hydrogens is 256 g/mol. The molecule has 0 spiro atoms. The van der Waals surface area contributed by atoms with Gasteiger partial charge >= 0.3 is 0 Å². The number of aromatic nitrogens is 1. The quantitative estimate of drug-likeness (QED) is 0.747. The van der Waals surface area contributed by atoms with E-state index >= 15 is 0 Å². The number of methoxy groups -OCH3 is 1. The summed E-state index contributed by atoms with van der Waals surface area (Å²) in [5, 5.41) is 0. The number of nitrogens with zero attached hydrogens (tertiary/aromatic N) is 2. The van der Waals surface area contributed by atoms with E-state index in [-0.39, 0.29) is 5.91 Å². The summed E-state index contributed by atoms with van der Waals surface area (Å²) in [6, 6.07) is 3.42. The van der Waals surface area contributed by atoms with Crippen LogP contribution in [0.15, 0.2) is 18.3 Å². The third-order valence-corrected chi connectivity index (χ3v) is 3.46. The first-order valence-electron chi connectivity index (χ1n) is 7.11. The first kappa shape index (κ1) is 14.8. The van der Waals surface area contributed by atoms with Gasteiger partial charge in [0.05, 0.1) is 13.7 Å². The van der Waals surface area contributed by atoms with Crippen LogP contribution in [0.1, 0.15) is 30.3 Å². The second kappa shape index (κ2) is 7.24. The van der Waals surface area contributed by atoms with Gasteiger partial charge in [-0.25, -0.2) is 0 Å². The molecule has 2 rings (SSSR count). The van der Waals surface area contributed by atoms with Crippen molar-refractivity contribution in [1.82, 2.24) is 9.88 Å². The van der Waals surface area contributed by atoms with Crippen molar-refractivity contribution in [3.8, 4) is 5.75 Å². The Labute approximate surface area is 119 Å². The molecule has 5 heteroatoms. The highest BCUT2D eigenvalue weighted by Crippen LogP contribution is 2.20. The molecule has 0 N–H and O–H groups in total. The maximum Gasteiger partial charge on any atom is 0.272 e. The lowest BCUT2D eigenvalue weighted by atomic mass is 10.1. The molecule has 0 bridgehead atoms. The molecule has 0 radical (unpaired) electrons. The van der Waals surface area contributed by atoms with Gasteiger partial charge in [0.1, 0.15) is 11.4 Å². The zero-order valence-corrected chi connectivity index (χ0v) is 12.2. The van der Waals surface area contributed by atoms with Gasteiger partial charge in [-0.05, 0) is 18.9 Å². The van der Waals surface area contributed by atoms with E-state index in [4.69, 9.17) is 9.47 Å². The molecule has 1 saturated heterocycles. The third-order valence-electron chi connectivity index (χ3n) is 3.46. The van der Waals surface area contributed by atoms with Crippen molar-refractivity contribution in [1.29, 1.82) is 0 Å². The number of carbonyl (C=O) groups excluding carboxylic acids is 1. The first-order valence-corrected chi connectivity index (χ1v) is 7.11. The molecule has 0 unspecified atom stereocenters. The van der Waals surface area contributed by atoms with E-state index in [1.54, 1.807) is 25.4 Å². The second-order valence-electron chi connectivity index (χ2n) is 5.06. The number of ether oxygens (including phenoxy) is 2. The molecule has 20 heavy (non-hydrogen) atoms. The van der Waals surface area contributed by atoms with Crippen LogP contribution in [0.4, 0.5) is 0 Å². The fraction of sp³-hybridized carbons (Fsp3) is 0.600. The Bertz CT molecular complexity index is 450. The number of likely N-dealkylation sites (tertiary alicyclic amines) is 1.